The maximum atomic E-state index is 12.3. The van der Waals surface area contributed by atoms with Gasteiger partial charge >= 0.3 is 6.03 Å². The molecule has 3 heterocycles. The third kappa shape index (κ3) is 3.86. The molecule has 2 N–H and O–H groups in total. The summed E-state index contributed by atoms with van der Waals surface area (Å²) in [5.74, 6) is 2.17. The standard InChI is InChI=1S/C17H23N5O4/c23-14(4-3-12-15(24)20-17(25)18-12)22-7-5-10(6-8-22)9-13-19-16(26-21-13)11-1-2-11/h10-12H,1-9H2,(H2,18,20,24,25)/t12-/m0/s1. The first-order valence-electron chi connectivity index (χ1n) is 9.30. The lowest BCUT2D eigenvalue weighted by Crippen LogP contribution is -2.40. The van der Waals surface area contributed by atoms with E-state index in [2.05, 4.69) is 20.8 Å². The minimum absolute atomic E-state index is 0.0352. The lowest BCUT2D eigenvalue weighted by atomic mass is 9.93. The van der Waals surface area contributed by atoms with Gasteiger partial charge < -0.3 is 14.7 Å². The Balaban J connectivity index is 1.19. The van der Waals surface area contributed by atoms with E-state index >= 15 is 0 Å². The van der Waals surface area contributed by atoms with Crippen LogP contribution in [0.3, 0.4) is 0 Å². The predicted octanol–water partition coefficient (Wildman–Crippen LogP) is 0.716. The first-order valence-corrected chi connectivity index (χ1v) is 9.30. The van der Waals surface area contributed by atoms with Gasteiger partial charge in [-0.25, -0.2) is 4.79 Å². The van der Waals surface area contributed by atoms with Crippen molar-refractivity contribution in [2.24, 2.45) is 5.92 Å². The van der Waals surface area contributed by atoms with Gasteiger partial charge in [-0.1, -0.05) is 5.16 Å². The molecule has 1 atom stereocenters. The highest BCUT2D eigenvalue weighted by Gasteiger charge is 2.32. The summed E-state index contributed by atoms with van der Waals surface area (Å²) in [6.07, 6.45) is 5.52. The van der Waals surface area contributed by atoms with Crippen LogP contribution < -0.4 is 10.6 Å². The third-order valence-corrected chi connectivity index (χ3v) is 5.35. The summed E-state index contributed by atoms with van der Waals surface area (Å²) in [4.78, 5) is 41.2. The van der Waals surface area contributed by atoms with Crippen molar-refractivity contribution in [2.45, 2.75) is 56.9 Å². The SMILES string of the molecule is O=C1NC(=O)[C@H](CCC(=O)N2CCC(Cc3noc(C4CC4)n3)CC2)N1. The number of nitrogens with one attached hydrogen (secondary N) is 2. The van der Waals surface area contributed by atoms with Crippen LogP contribution in [-0.2, 0) is 16.0 Å². The maximum absolute atomic E-state index is 12.3. The number of carbonyl (C=O) groups is 3. The first-order chi connectivity index (χ1) is 12.6. The summed E-state index contributed by atoms with van der Waals surface area (Å²) < 4.78 is 5.30. The molecule has 9 heteroatoms. The van der Waals surface area contributed by atoms with E-state index in [0.29, 0.717) is 31.3 Å². The van der Waals surface area contributed by atoms with Crippen LogP contribution in [0.1, 0.15) is 56.2 Å². The summed E-state index contributed by atoms with van der Waals surface area (Å²) in [5, 5.41) is 8.77. The van der Waals surface area contributed by atoms with Crippen LogP contribution in [0.25, 0.3) is 0 Å². The molecule has 1 saturated carbocycles. The lowest BCUT2D eigenvalue weighted by Gasteiger charge is -2.31. The van der Waals surface area contributed by atoms with Gasteiger partial charge in [-0.05, 0) is 38.0 Å². The van der Waals surface area contributed by atoms with Crippen molar-refractivity contribution in [1.29, 1.82) is 0 Å². The van der Waals surface area contributed by atoms with Gasteiger partial charge in [0.25, 0.3) is 5.91 Å². The molecule has 26 heavy (non-hydrogen) atoms. The van der Waals surface area contributed by atoms with E-state index < -0.39 is 12.1 Å². The summed E-state index contributed by atoms with van der Waals surface area (Å²) in [6.45, 7) is 1.42. The van der Waals surface area contributed by atoms with Crippen LogP contribution in [0.4, 0.5) is 4.79 Å². The Labute approximate surface area is 150 Å². The summed E-state index contributed by atoms with van der Waals surface area (Å²) >= 11 is 0. The van der Waals surface area contributed by atoms with Crippen molar-refractivity contribution in [2.75, 3.05) is 13.1 Å². The predicted molar refractivity (Wildman–Crippen MR) is 89.0 cm³/mol. The molecule has 2 saturated heterocycles. The molecule has 1 aliphatic carbocycles. The molecular weight excluding hydrogens is 338 g/mol. The molecule has 9 nitrogen and oxygen atoms in total. The van der Waals surface area contributed by atoms with Gasteiger partial charge in [-0.3, -0.25) is 14.9 Å². The molecule has 4 rings (SSSR count). The average molecular weight is 361 g/mol. The maximum Gasteiger partial charge on any atom is 0.322 e. The number of carbonyl (C=O) groups excluding carboxylic acids is 3. The van der Waals surface area contributed by atoms with Crippen LogP contribution in [0, 0.1) is 5.92 Å². The molecule has 3 fully saturated rings. The van der Waals surface area contributed by atoms with E-state index in [1.54, 1.807) is 0 Å². The zero-order valence-electron chi connectivity index (χ0n) is 14.6. The fraction of sp³-hybridized carbons (Fsp3) is 0.706. The Morgan fingerprint density at radius 3 is 2.62 bits per heavy atom. The van der Waals surface area contributed by atoms with E-state index in [4.69, 9.17) is 4.52 Å². The number of amides is 4. The fourth-order valence-corrected chi connectivity index (χ4v) is 3.58. The number of hydrogen-bond donors (Lipinski definition) is 2. The topological polar surface area (TPSA) is 117 Å². The number of piperidine rings is 1. The van der Waals surface area contributed by atoms with Crippen molar-refractivity contribution < 1.29 is 18.9 Å². The number of hydrogen-bond acceptors (Lipinski definition) is 6. The minimum Gasteiger partial charge on any atom is -0.343 e. The van der Waals surface area contributed by atoms with Gasteiger partial charge in [0.1, 0.15) is 6.04 Å². The van der Waals surface area contributed by atoms with E-state index in [9.17, 15) is 14.4 Å². The molecule has 0 spiro atoms. The highest BCUT2D eigenvalue weighted by Crippen LogP contribution is 2.39. The summed E-state index contributed by atoms with van der Waals surface area (Å²) in [7, 11) is 0. The molecule has 1 aromatic heterocycles. The molecular formula is C17H23N5O4. The summed E-state index contributed by atoms with van der Waals surface area (Å²) in [5.41, 5.74) is 0. The number of nitrogens with zero attached hydrogens (tertiary/aromatic N) is 3. The smallest absolute Gasteiger partial charge is 0.322 e. The normalized spacial score (nSPS) is 23.8. The Hall–Kier alpha value is -2.45. The van der Waals surface area contributed by atoms with Gasteiger partial charge in [0.05, 0.1) is 0 Å². The fourth-order valence-electron chi connectivity index (χ4n) is 3.58. The monoisotopic (exact) mass is 361 g/mol. The molecule has 3 aliphatic rings. The van der Waals surface area contributed by atoms with Crippen molar-refractivity contribution in [3.05, 3.63) is 11.7 Å². The molecule has 0 unspecified atom stereocenters. The van der Waals surface area contributed by atoms with Crippen LogP contribution in [-0.4, -0.2) is 52.0 Å². The van der Waals surface area contributed by atoms with Gasteiger partial charge in [-0.15, -0.1) is 0 Å². The van der Waals surface area contributed by atoms with Gasteiger partial charge in [0.15, 0.2) is 5.82 Å². The Morgan fingerprint density at radius 1 is 1.19 bits per heavy atom. The molecule has 0 aromatic carbocycles. The molecule has 4 amide bonds. The highest BCUT2D eigenvalue weighted by molar-refractivity contribution is 6.04. The number of imide groups is 1. The molecule has 140 valence electrons. The van der Waals surface area contributed by atoms with Crippen LogP contribution in [0.5, 0.6) is 0 Å². The second-order valence-electron chi connectivity index (χ2n) is 7.41. The van der Waals surface area contributed by atoms with Gasteiger partial charge in [0.2, 0.25) is 11.8 Å². The second kappa shape index (κ2) is 7.05. The van der Waals surface area contributed by atoms with E-state index in [1.165, 1.54) is 0 Å². The quantitative estimate of drug-likeness (QED) is 0.721. The molecule has 0 bridgehead atoms. The van der Waals surface area contributed by atoms with E-state index in [1.807, 2.05) is 4.90 Å². The van der Waals surface area contributed by atoms with E-state index in [-0.39, 0.29) is 18.2 Å². The largest absolute Gasteiger partial charge is 0.343 e. The average Bonchev–Trinajstić information content (AvgIpc) is 3.29. The molecule has 2 aliphatic heterocycles. The minimum atomic E-state index is -0.595. The molecule has 0 radical (unpaired) electrons. The van der Waals surface area contributed by atoms with Crippen molar-refractivity contribution in [1.82, 2.24) is 25.7 Å². The number of rotatable bonds is 6. The highest BCUT2D eigenvalue weighted by atomic mass is 16.5. The van der Waals surface area contributed by atoms with Crippen molar-refractivity contribution >= 4 is 17.8 Å². The Morgan fingerprint density at radius 2 is 1.96 bits per heavy atom. The second-order valence-corrected chi connectivity index (χ2v) is 7.41. The number of likely N-dealkylation sites (tertiary alicyclic amines) is 1. The van der Waals surface area contributed by atoms with Crippen LogP contribution in [0.2, 0.25) is 0 Å². The van der Waals surface area contributed by atoms with Crippen molar-refractivity contribution in [3.63, 3.8) is 0 Å². The first kappa shape index (κ1) is 17.0. The Kier molecular flexibility index (Phi) is 4.60. The van der Waals surface area contributed by atoms with Crippen LogP contribution in [0.15, 0.2) is 4.52 Å². The Bertz CT molecular complexity index is 706. The number of aromatic nitrogens is 2. The third-order valence-electron chi connectivity index (χ3n) is 5.35. The zero-order chi connectivity index (χ0) is 18.1. The van der Waals surface area contributed by atoms with Crippen molar-refractivity contribution in [3.8, 4) is 0 Å². The number of urea groups is 1. The van der Waals surface area contributed by atoms with Gasteiger partial charge in [-0.2, -0.15) is 4.98 Å². The zero-order valence-corrected chi connectivity index (χ0v) is 14.6. The lowest BCUT2D eigenvalue weighted by molar-refractivity contribution is -0.132. The summed E-state index contributed by atoms with van der Waals surface area (Å²) in [6, 6.07) is -1.08. The molecule has 1 aromatic rings. The van der Waals surface area contributed by atoms with Crippen LogP contribution >= 0.6 is 0 Å². The van der Waals surface area contributed by atoms with E-state index in [0.717, 1.165) is 43.8 Å². The van der Waals surface area contributed by atoms with Gasteiger partial charge in [0, 0.05) is 31.8 Å².